The third kappa shape index (κ3) is 4.83. The predicted molar refractivity (Wildman–Crippen MR) is 67.3 cm³/mol. The Hall–Kier alpha value is -0.940. The van der Waals surface area contributed by atoms with Crippen molar-refractivity contribution in [2.24, 2.45) is 0 Å². The molecule has 0 aromatic heterocycles. The van der Waals surface area contributed by atoms with Crippen molar-refractivity contribution in [3.63, 3.8) is 0 Å². The smallest absolute Gasteiger partial charge is 0.304 e. The molecule has 5 heteroatoms. The average molecular weight is 304 g/mol. The number of carbonyl (C=O) groups is 1. The largest absolute Gasteiger partial charge is 0.481 e. The zero-order valence-corrected chi connectivity index (χ0v) is 11.2. The highest BCUT2D eigenvalue weighted by molar-refractivity contribution is 9.10. The van der Waals surface area contributed by atoms with Crippen LogP contribution in [-0.4, -0.2) is 29.1 Å². The van der Waals surface area contributed by atoms with E-state index in [1.54, 1.807) is 6.07 Å². The van der Waals surface area contributed by atoms with E-state index < -0.39 is 5.97 Å². The van der Waals surface area contributed by atoms with Gasteiger partial charge in [0.15, 0.2) is 0 Å². The SMILES string of the molecule is CCN(CCC(=O)O)Cc1cc(F)ccc1Br. The van der Waals surface area contributed by atoms with Gasteiger partial charge in [-0.15, -0.1) is 0 Å². The molecule has 3 nitrogen and oxygen atoms in total. The van der Waals surface area contributed by atoms with Gasteiger partial charge in [0.1, 0.15) is 5.82 Å². The number of rotatable bonds is 6. The van der Waals surface area contributed by atoms with Crippen LogP contribution < -0.4 is 0 Å². The van der Waals surface area contributed by atoms with Crippen LogP contribution in [0.5, 0.6) is 0 Å². The van der Waals surface area contributed by atoms with E-state index in [1.807, 2.05) is 11.8 Å². The first-order valence-electron chi connectivity index (χ1n) is 5.41. The third-order valence-electron chi connectivity index (χ3n) is 2.49. The molecular formula is C12H15BrFNO2. The van der Waals surface area contributed by atoms with Crippen LogP contribution in [0.25, 0.3) is 0 Å². The highest BCUT2D eigenvalue weighted by Crippen LogP contribution is 2.19. The monoisotopic (exact) mass is 303 g/mol. The maximum atomic E-state index is 13.1. The molecule has 1 N–H and O–H groups in total. The lowest BCUT2D eigenvalue weighted by Crippen LogP contribution is -2.25. The number of carboxylic acids is 1. The topological polar surface area (TPSA) is 40.5 Å². The third-order valence-corrected chi connectivity index (χ3v) is 3.26. The minimum absolute atomic E-state index is 0.0980. The lowest BCUT2D eigenvalue weighted by atomic mass is 10.2. The molecule has 94 valence electrons. The van der Waals surface area contributed by atoms with E-state index in [1.165, 1.54) is 12.1 Å². The molecule has 0 aliphatic carbocycles. The van der Waals surface area contributed by atoms with Crippen LogP contribution in [0.15, 0.2) is 22.7 Å². The van der Waals surface area contributed by atoms with Crippen LogP contribution in [0, 0.1) is 5.82 Å². The van der Waals surface area contributed by atoms with Crippen molar-refractivity contribution in [1.82, 2.24) is 4.90 Å². The highest BCUT2D eigenvalue weighted by Gasteiger charge is 2.09. The van der Waals surface area contributed by atoms with Gasteiger partial charge in [0.2, 0.25) is 0 Å². The number of hydrogen-bond acceptors (Lipinski definition) is 2. The summed E-state index contributed by atoms with van der Waals surface area (Å²) in [6.07, 6.45) is 0.0980. The number of carboxylic acid groups (broad SMARTS) is 1. The number of hydrogen-bond donors (Lipinski definition) is 1. The van der Waals surface area contributed by atoms with E-state index in [0.29, 0.717) is 13.1 Å². The summed E-state index contributed by atoms with van der Waals surface area (Å²) >= 11 is 3.36. The number of benzene rings is 1. The zero-order chi connectivity index (χ0) is 12.8. The molecule has 1 rings (SSSR count). The second-order valence-corrected chi connectivity index (χ2v) is 4.60. The maximum Gasteiger partial charge on any atom is 0.304 e. The molecule has 0 fully saturated rings. The lowest BCUT2D eigenvalue weighted by molar-refractivity contribution is -0.137. The second kappa shape index (κ2) is 6.71. The number of aliphatic carboxylic acids is 1. The average Bonchev–Trinajstić information content (AvgIpc) is 2.28. The molecule has 0 atom stereocenters. The Bertz CT molecular complexity index is 398. The molecule has 0 spiro atoms. The van der Waals surface area contributed by atoms with Gasteiger partial charge in [-0.2, -0.15) is 0 Å². The normalized spacial score (nSPS) is 10.8. The molecule has 17 heavy (non-hydrogen) atoms. The Kier molecular flexibility index (Phi) is 5.58. The Morgan fingerprint density at radius 2 is 2.24 bits per heavy atom. The summed E-state index contributed by atoms with van der Waals surface area (Å²) in [5, 5.41) is 8.63. The fraction of sp³-hybridized carbons (Fsp3) is 0.417. The standard InChI is InChI=1S/C12H15BrFNO2/c1-2-15(6-5-12(16)17)8-9-7-10(14)3-4-11(9)13/h3-4,7H,2,5-6,8H2,1H3,(H,16,17). The quantitative estimate of drug-likeness (QED) is 0.878. The Labute approximate surface area is 108 Å². The van der Waals surface area contributed by atoms with Gasteiger partial charge in [-0.25, -0.2) is 4.39 Å². The fourth-order valence-corrected chi connectivity index (χ4v) is 1.88. The van der Waals surface area contributed by atoms with Crippen LogP contribution in [0.1, 0.15) is 18.9 Å². The van der Waals surface area contributed by atoms with Crippen LogP contribution in [0.4, 0.5) is 4.39 Å². The van der Waals surface area contributed by atoms with Gasteiger partial charge in [-0.05, 0) is 30.3 Å². The van der Waals surface area contributed by atoms with Crippen molar-refractivity contribution in [1.29, 1.82) is 0 Å². The zero-order valence-electron chi connectivity index (χ0n) is 9.62. The van der Waals surface area contributed by atoms with Gasteiger partial charge in [0.25, 0.3) is 0 Å². The predicted octanol–water partition coefficient (Wildman–Crippen LogP) is 2.88. The molecule has 0 saturated heterocycles. The fourth-order valence-electron chi connectivity index (χ4n) is 1.51. The van der Waals surface area contributed by atoms with Crippen molar-refractivity contribution in [2.45, 2.75) is 19.9 Å². The molecule has 0 radical (unpaired) electrons. The van der Waals surface area contributed by atoms with Crippen LogP contribution in [-0.2, 0) is 11.3 Å². The van der Waals surface area contributed by atoms with E-state index >= 15 is 0 Å². The number of halogens is 2. The first-order chi connectivity index (χ1) is 8.02. The van der Waals surface area contributed by atoms with Gasteiger partial charge in [0, 0.05) is 17.6 Å². The van der Waals surface area contributed by atoms with E-state index in [0.717, 1.165) is 16.6 Å². The van der Waals surface area contributed by atoms with E-state index in [9.17, 15) is 9.18 Å². The Morgan fingerprint density at radius 1 is 1.53 bits per heavy atom. The van der Waals surface area contributed by atoms with E-state index in [2.05, 4.69) is 15.9 Å². The highest BCUT2D eigenvalue weighted by atomic mass is 79.9. The Morgan fingerprint density at radius 3 is 2.82 bits per heavy atom. The molecule has 0 aliphatic rings. The van der Waals surface area contributed by atoms with Crippen molar-refractivity contribution in [2.75, 3.05) is 13.1 Å². The van der Waals surface area contributed by atoms with Crippen LogP contribution >= 0.6 is 15.9 Å². The van der Waals surface area contributed by atoms with E-state index in [-0.39, 0.29) is 12.2 Å². The summed E-state index contributed by atoms with van der Waals surface area (Å²) in [6, 6.07) is 4.52. The first-order valence-corrected chi connectivity index (χ1v) is 6.20. The van der Waals surface area contributed by atoms with Gasteiger partial charge in [-0.3, -0.25) is 9.69 Å². The summed E-state index contributed by atoms with van der Waals surface area (Å²) in [5.74, 6) is -1.10. The van der Waals surface area contributed by atoms with Crippen LogP contribution in [0.2, 0.25) is 0 Å². The van der Waals surface area contributed by atoms with Crippen molar-refractivity contribution >= 4 is 21.9 Å². The summed E-state index contributed by atoms with van der Waals surface area (Å²) in [5.41, 5.74) is 0.831. The lowest BCUT2D eigenvalue weighted by Gasteiger charge is -2.20. The molecule has 0 saturated carbocycles. The second-order valence-electron chi connectivity index (χ2n) is 3.75. The molecule has 0 bridgehead atoms. The van der Waals surface area contributed by atoms with Gasteiger partial charge < -0.3 is 5.11 Å². The Balaban J connectivity index is 2.66. The molecule has 0 aliphatic heterocycles. The maximum absolute atomic E-state index is 13.1. The number of nitrogens with zero attached hydrogens (tertiary/aromatic N) is 1. The summed E-state index contributed by atoms with van der Waals surface area (Å²) in [7, 11) is 0. The minimum atomic E-state index is -0.818. The van der Waals surface area contributed by atoms with E-state index in [4.69, 9.17) is 5.11 Å². The van der Waals surface area contributed by atoms with Crippen molar-refractivity contribution in [3.05, 3.63) is 34.1 Å². The van der Waals surface area contributed by atoms with Gasteiger partial charge in [0.05, 0.1) is 6.42 Å². The van der Waals surface area contributed by atoms with Crippen LogP contribution in [0.3, 0.4) is 0 Å². The molecular weight excluding hydrogens is 289 g/mol. The molecule has 0 unspecified atom stereocenters. The summed E-state index contributed by atoms with van der Waals surface area (Å²) < 4.78 is 13.9. The summed E-state index contributed by atoms with van der Waals surface area (Å²) in [6.45, 7) is 3.70. The molecule has 0 heterocycles. The first kappa shape index (κ1) is 14.1. The molecule has 0 amide bonds. The van der Waals surface area contributed by atoms with Gasteiger partial charge >= 0.3 is 5.97 Å². The van der Waals surface area contributed by atoms with Gasteiger partial charge in [-0.1, -0.05) is 22.9 Å². The minimum Gasteiger partial charge on any atom is -0.481 e. The molecule has 1 aromatic rings. The summed E-state index contributed by atoms with van der Waals surface area (Å²) in [4.78, 5) is 12.5. The van der Waals surface area contributed by atoms with Crippen molar-refractivity contribution in [3.8, 4) is 0 Å². The van der Waals surface area contributed by atoms with Crippen molar-refractivity contribution < 1.29 is 14.3 Å². The molecule has 1 aromatic carbocycles.